The summed E-state index contributed by atoms with van der Waals surface area (Å²) in [5.74, 6) is 0.318. The molecule has 0 atom stereocenters. The van der Waals surface area contributed by atoms with Gasteiger partial charge in [-0.1, -0.05) is 35.9 Å². The van der Waals surface area contributed by atoms with Crippen molar-refractivity contribution < 1.29 is 19.4 Å². The third-order valence-corrected chi connectivity index (χ3v) is 4.71. The highest BCUT2D eigenvalue weighted by Gasteiger charge is 2.09. The molecule has 0 heterocycles. The summed E-state index contributed by atoms with van der Waals surface area (Å²) < 4.78 is 11.3. The molecule has 0 aliphatic rings. The fourth-order valence-electron chi connectivity index (χ4n) is 2.87. The number of aryl methyl sites for hydroxylation is 1. The molecule has 5 nitrogen and oxygen atoms in total. The van der Waals surface area contributed by atoms with E-state index in [9.17, 15) is 4.79 Å². The number of anilines is 1. The fourth-order valence-corrected chi connectivity index (χ4v) is 3.08. The molecule has 0 radical (unpaired) electrons. The van der Waals surface area contributed by atoms with Crippen LogP contribution in [0, 0.1) is 6.92 Å². The fraction of sp³-hybridized carbons (Fsp3) is 0.174. The average molecular weight is 412 g/mol. The molecular weight excluding hydrogens is 390 g/mol. The van der Waals surface area contributed by atoms with Crippen LogP contribution in [0.15, 0.2) is 60.7 Å². The highest BCUT2D eigenvalue weighted by atomic mass is 35.5. The van der Waals surface area contributed by atoms with E-state index < -0.39 is 5.97 Å². The van der Waals surface area contributed by atoms with Crippen LogP contribution < -0.4 is 14.8 Å². The summed E-state index contributed by atoms with van der Waals surface area (Å²) >= 11 is 6.01. The first-order valence-corrected chi connectivity index (χ1v) is 9.46. The Balaban J connectivity index is 1.69. The highest BCUT2D eigenvalue weighted by molar-refractivity contribution is 6.30. The maximum atomic E-state index is 11.2. The molecule has 2 N–H and O–H groups in total. The molecule has 0 spiro atoms. The Hall–Kier alpha value is -3.18. The molecule has 0 unspecified atom stereocenters. The molecule has 0 aromatic heterocycles. The number of carboxylic acids is 1. The Bertz CT molecular complexity index is 1020. The maximum Gasteiger partial charge on any atom is 0.335 e. The first kappa shape index (κ1) is 20.6. The second-order valence-corrected chi connectivity index (χ2v) is 7.03. The molecule has 3 aromatic carbocycles. The molecular formula is C23H22ClNO4. The predicted octanol–water partition coefficient (Wildman–Crippen LogP) is 5.55. The summed E-state index contributed by atoms with van der Waals surface area (Å²) in [6, 6.07) is 18.2. The number of ether oxygens (including phenoxy) is 2. The van der Waals surface area contributed by atoms with E-state index in [4.69, 9.17) is 26.2 Å². The molecule has 0 fully saturated rings. The van der Waals surface area contributed by atoms with Crippen molar-refractivity contribution in [2.24, 2.45) is 0 Å². The third kappa shape index (κ3) is 5.42. The van der Waals surface area contributed by atoms with Crippen LogP contribution in [0.3, 0.4) is 0 Å². The standard InChI is InChI=1S/C23H22ClNO4/c1-15-6-8-18(23(26)27)12-20(15)25-13-16-7-9-21(22(11-16)28-2)29-14-17-4-3-5-19(24)10-17/h3-12,25H,13-14H2,1-2H3,(H,26,27). The van der Waals surface area contributed by atoms with E-state index in [-0.39, 0.29) is 5.56 Å². The van der Waals surface area contributed by atoms with Gasteiger partial charge in [-0.15, -0.1) is 0 Å². The minimum absolute atomic E-state index is 0.250. The lowest BCUT2D eigenvalue weighted by Gasteiger charge is -2.14. The van der Waals surface area contributed by atoms with Crippen LogP contribution in [0.1, 0.15) is 27.0 Å². The first-order valence-electron chi connectivity index (χ1n) is 9.08. The predicted molar refractivity (Wildman–Crippen MR) is 114 cm³/mol. The smallest absolute Gasteiger partial charge is 0.335 e. The van der Waals surface area contributed by atoms with Crippen molar-refractivity contribution in [3.05, 3.63) is 87.9 Å². The largest absolute Gasteiger partial charge is 0.493 e. The van der Waals surface area contributed by atoms with E-state index in [0.717, 1.165) is 22.4 Å². The van der Waals surface area contributed by atoms with Crippen LogP contribution in [0.2, 0.25) is 5.02 Å². The van der Waals surface area contributed by atoms with Gasteiger partial charge in [0, 0.05) is 17.3 Å². The number of carboxylic acid groups (broad SMARTS) is 1. The molecule has 150 valence electrons. The number of nitrogens with one attached hydrogen (secondary N) is 1. The summed E-state index contributed by atoms with van der Waals surface area (Å²) in [6.07, 6.45) is 0. The molecule has 29 heavy (non-hydrogen) atoms. The molecule has 0 bridgehead atoms. The normalized spacial score (nSPS) is 10.4. The van der Waals surface area contributed by atoms with Crippen molar-refractivity contribution in [3.8, 4) is 11.5 Å². The molecule has 0 aliphatic carbocycles. The number of carbonyl (C=O) groups is 1. The van der Waals surface area contributed by atoms with Crippen LogP contribution in [0.5, 0.6) is 11.5 Å². The second-order valence-electron chi connectivity index (χ2n) is 6.59. The van der Waals surface area contributed by atoms with Crippen molar-refractivity contribution in [2.45, 2.75) is 20.1 Å². The lowest BCUT2D eigenvalue weighted by molar-refractivity contribution is 0.0697. The van der Waals surface area contributed by atoms with E-state index in [1.54, 1.807) is 25.3 Å². The number of hydrogen-bond acceptors (Lipinski definition) is 4. The van der Waals surface area contributed by atoms with Crippen molar-refractivity contribution in [2.75, 3.05) is 12.4 Å². The van der Waals surface area contributed by atoms with Gasteiger partial charge in [-0.3, -0.25) is 0 Å². The Morgan fingerprint density at radius 1 is 1.03 bits per heavy atom. The SMILES string of the molecule is COc1cc(CNc2cc(C(=O)O)ccc2C)ccc1OCc1cccc(Cl)c1. The van der Waals surface area contributed by atoms with Crippen LogP contribution in [0.25, 0.3) is 0 Å². The van der Waals surface area contributed by atoms with Gasteiger partial charge in [-0.2, -0.15) is 0 Å². The molecule has 6 heteroatoms. The summed E-state index contributed by atoms with van der Waals surface area (Å²) in [5.41, 5.74) is 3.96. The summed E-state index contributed by atoms with van der Waals surface area (Å²) in [6.45, 7) is 2.84. The van der Waals surface area contributed by atoms with Gasteiger partial charge in [-0.05, 0) is 60.0 Å². The van der Waals surface area contributed by atoms with Gasteiger partial charge in [0.05, 0.1) is 12.7 Å². The van der Waals surface area contributed by atoms with Crippen LogP contribution in [0.4, 0.5) is 5.69 Å². The van der Waals surface area contributed by atoms with Crippen LogP contribution >= 0.6 is 11.6 Å². The van der Waals surface area contributed by atoms with Crippen molar-refractivity contribution in [1.29, 1.82) is 0 Å². The second kappa shape index (κ2) is 9.34. The summed E-state index contributed by atoms with van der Waals surface area (Å²) in [5, 5.41) is 13.1. The molecule has 3 rings (SSSR count). The first-order chi connectivity index (χ1) is 14.0. The zero-order chi connectivity index (χ0) is 20.8. The van der Waals surface area contributed by atoms with E-state index >= 15 is 0 Å². The highest BCUT2D eigenvalue weighted by Crippen LogP contribution is 2.29. The number of aromatic carboxylic acids is 1. The van der Waals surface area contributed by atoms with Gasteiger partial charge < -0.3 is 19.9 Å². The van der Waals surface area contributed by atoms with Gasteiger partial charge >= 0.3 is 5.97 Å². The molecule has 0 saturated carbocycles. The maximum absolute atomic E-state index is 11.2. The minimum Gasteiger partial charge on any atom is -0.493 e. The van der Waals surface area contributed by atoms with Crippen molar-refractivity contribution >= 4 is 23.3 Å². The van der Waals surface area contributed by atoms with Gasteiger partial charge in [-0.25, -0.2) is 4.79 Å². The van der Waals surface area contributed by atoms with Gasteiger partial charge in [0.15, 0.2) is 11.5 Å². The third-order valence-electron chi connectivity index (χ3n) is 4.48. The Morgan fingerprint density at radius 3 is 2.59 bits per heavy atom. The number of methoxy groups -OCH3 is 1. The van der Waals surface area contributed by atoms with E-state index in [0.29, 0.717) is 29.7 Å². The van der Waals surface area contributed by atoms with E-state index in [1.165, 1.54) is 0 Å². The zero-order valence-electron chi connectivity index (χ0n) is 16.2. The van der Waals surface area contributed by atoms with Gasteiger partial charge in [0.2, 0.25) is 0 Å². The Labute approximate surface area is 174 Å². The zero-order valence-corrected chi connectivity index (χ0v) is 17.0. The number of halogens is 1. The molecule has 3 aromatic rings. The number of hydrogen-bond donors (Lipinski definition) is 2. The van der Waals surface area contributed by atoms with Crippen LogP contribution in [-0.2, 0) is 13.2 Å². The molecule has 0 aliphatic heterocycles. The summed E-state index contributed by atoms with van der Waals surface area (Å²) in [4.78, 5) is 11.2. The van der Waals surface area contributed by atoms with Crippen molar-refractivity contribution in [3.63, 3.8) is 0 Å². The lowest BCUT2D eigenvalue weighted by atomic mass is 10.1. The quantitative estimate of drug-likeness (QED) is 0.509. The average Bonchev–Trinajstić information content (AvgIpc) is 2.71. The molecule has 0 amide bonds. The van der Waals surface area contributed by atoms with Gasteiger partial charge in [0.25, 0.3) is 0 Å². The number of rotatable bonds is 8. The van der Waals surface area contributed by atoms with Gasteiger partial charge in [0.1, 0.15) is 6.61 Å². The van der Waals surface area contributed by atoms with E-state index in [1.807, 2.05) is 49.4 Å². The van der Waals surface area contributed by atoms with E-state index in [2.05, 4.69) is 5.32 Å². The lowest BCUT2D eigenvalue weighted by Crippen LogP contribution is -2.04. The Morgan fingerprint density at radius 2 is 1.86 bits per heavy atom. The van der Waals surface area contributed by atoms with Crippen LogP contribution in [-0.4, -0.2) is 18.2 Å². The topological polar surface area (TPSA) is 67.8 Å². The minimum atomic E-state index is -0.948. The molecule has 0 saturated heterocycles. The summed E-state index contributed by atoms with van der Waals surface area (Å²) in [7, 11) is 1.60. The van der Waals surface area contributed by atoms with Crippen molar-refractivity contribution in [1.82, 2.24) is 0 Å². The Kier molecular flexibility index (Phi) is 6.62. The monoisotopic (exact) mass is 411 g/mol. The number of benzene rings is 3.